The van der Waals surface area contributed by atoms with Crippen LogP contribution in [0.4, 0.5) is 15.8 Å². The zero-order chi connectivity index (χ0) is 15.6. The summed E-state index contributed by atoms with van der Waals surface area (Å²) in [4.78, 5) is 12.2. The molecule has 0 unspecified atom stereocenters. The molecule has 21 heavy (non-hydrogen) atoms. The van der Waals surface area contributed by atoms with E-state index in [4.69, 9.17) is 23.2 Å². The molecule has 0 heterocycles. The molecule has 0 atom stereocenters. The van der Waals surface area contributed by atoms with E-state index in [0.717, 1.165) is 23.4 Å². The Labute approximate surface area is 132 Å². The van der Waals surface area contributed by atoms with Gasteiger partial charge in [0.1, 0.15) is 5.82 Å². The average molecular weight is 327 g/mol. The van der Waals surface area contributed by atoms with E-state index in [1.165, 1.54) is 0 Å². The van der Waals surface area contributed by atoms with Crippen LogP contribution in [0.3, 0.4) is 0 Å². The van der Waals surface area contributed by atoms with Crippen molar-refractivity contribution in [2.24, 2.45) is 0 Å². The molecule has 0 aliphatic heterocycles. The molecule has 2 N–H and O–H groups in total. The number of amides is 1. The fraction of sp³-hybridized carbons (Fsp3) is 0.133. The zero-order valence-electron chi connectivity index (χ0n) is 11.4. The summed E-state index contributed by atoms with van der Waals surface area (Å²) in [6, 6.07) is 7.42. The van der Waals surface area contributed by atoms with Crippen molar-refractivity contribution in [2.75, 3.05) is 17.7 Å². The molecule has 2 aromatic rings. The van der Waals surface area contributed by atoms with E-state index in [0.29, 0.717) is 5.56 Å². The third kappa shape index (κ3) is 3.46. The van der Waals surface area contributed by atoms with Gasteiger partial charge in [-0.25, -0.2) is 4.39 Å². The predicted octanol–water partition coefficient (Wildman–Crippen LogP) is 4.73. The minimum Gasteiger partial charge on any atom is -0.388 e. The predicted molar refractivity (Wildman–Crippen MR) is 85.1 cm³/mol. The van der Waals surface area contributed by atoms with Crippen molar-refractivity contribution >= 4 is 40.5 Å². The topological polar surface area (TPSA) is 41.1 Å². The standard InChI is InChI=1S/C15H13Cl2FN2O/c1-8-5-9(3-4-13(8)19-2)15(21)20-14-11(16)6-10(18)7-12(14)17/h3-7,19H,1-2H3,(H,20,21). The summed E-state index contributed by atoms with van der Waals surface area (Å²) in [5, 5.41) is 5.72. The molecule has 6 heteroatoms. The fourth-order valence-electron chi connectivity index (χ4n) is 1.93. The van der Waals surface area contributed by atoms with Crippen LogP contribution in [0.15, 0.2) is 30.3 Å². The quantitative estimate of drug-likeness (QED) is 0.855. The number of carbonyl (C=O) groups excluding carboxylic acids is 1. The number of halogens is 3. The van der Waals surface area contributed by atoms with Crippen LogP contribution in [0.25, 0.3) is 0 Å². The molecule has 110 valence electrons. The van der Waals surface area contributed by atoms with Gasteiger partial charge in [-0.05, 0) is 42.8 Å². The maximum absolute atomic E-state index is 13.1. The number of aryl methyl sites for hydroxylation is 1. The van der Waals surface area contributed by atoms with Gasteiger partial charge < -0.3 is 10.6 Å². The summed E-state index contributed by atoms with van der Waals surface area (Å²) in [7, 11) is 1.81. The number of carbonyl (C=O) groups is 1. The molecule has 0 fully saturated rings. The van der Waals surface area contributed by atoms with Crippen LogP contribution in [0.5, 0.6) is 0 Å². The Kier molecular flexibility index (Phi) is 4.70. The number of anilines is 2. The minimum absolute atomic E-state index is 0.0527. The summed E-state index contributed by atoms with van der Waals surface area (Å²) in [5.41, 5.74) is 2.52. The van der Waals surface area contributed by atoms with Gasteiger partial charge in [-0.3, -0.25) is 4.79 Å². The van der Waals surface area contributed by atoms with E-state index in [1.54, 1.807) is 25.2 Å². The Balaban J connectivity index is 2.28. The van der Waals surface area contributed by atoms with Gasteiger partial charge in [0.15, 0.2) is 0 Å². The van der Waals surface area contributed by atoms with Crippen molar-refractivity contribution in [3.63, 3.8) is 0 Å². The summed E-state index contributed by atoms with van der Waals surface area (Å²) < 4.78 is 13.1. The third-order valence-electron chi connectivity index (χ3n) is 3.00. The molecule has 0 aliphatic rings. The van der Waals surface area contributed by atoms with Crippen LogP contribution >= 0.6 is 23.2 Å². The molecule has 0 saturated heterocycles. The molecule has 0 aliphatic carbocycles. The Bertz CT molecular complexity index is 681. The number of hydrogen-bond acceptors (Lipinski definition) is 2. The highest BCUT2D eigenvalue weighted by Crippen LogP contribution is 2.31. The molecule has 0 bridgehead atoms. The van der Waals surface area contributed by atoms with E-state index in [-0.39, 0.29) is 21.6 Å². The van der Waals surface area contributed by atoms with Gasteiger partial charge in [0.05, 0.1) is 15.7 Å². The van der Waals surface area contributed by atoms with Crippen molar-refractivity contribution in [1.29, 1.82) is 0 Å². The van der Waals surface area contributed by atoms with Crippen LogP contribution in [0.1, 0.15) is 15.9 Å². The molecule has 0 radical (unpaired) electrons. The van der Waals surface area contributed by atoms with Gasteiger partial charge >= 0.3 is 0 Å². The lowest BCUT2D eigenvalue weighted by atomic mass is 10.1. The van der Waals surface area contributed by atoms with Crippen molar-refractivity contribution in [2.45, 2.75) is 6.92 Å². The lowest BCUT2D eigenvalue weighted by molar-refractivity contribution is 0.102. The molecular weight excluding hydrogens is 314 g/mol. The molecule has 0 saturated carbocycles. The van der Waals surface area contributed by atoms with Crippen LogP contribution < -0.4 is 10.6 Å². The summed E-state index contributed by atoms with van der Waals surface area (Å²) in [6.45, 7) is 1.89. The highest BCUT2D eigenvalue weighted by molar-refractivity contribution is 6.40. The van der Waals surface area contributed by atoms with Crippen LogP contribution in [-0.2, 0) is 0 Å². The lowest BCUT2D eigenvalue weighted by Gasteiger charge is -2.11. The Hall–Kier alpha value is -1.78. The van der Waals surface area contributed by atoms with Crippen molar-refractivity contribution in [3.8, 4) is 0 Å². The van der Waals surface area contributed by atoms with Crippen molar-refractivity contribution in [3.05, 3.63) is 57.3 Å². The van der Waals surface area contributed by atoms with Crippen molar-refractivity contribution in [1.82, 2.24) is 0 Å². The monoisotopic (exact) mass is 326 g/mol. The maximum Gasteiger partial charge on any atom is 0.255 e. The zero-order valence-corrected chi connectivity index (χ0v) is 12.9. The van der Waals surface area contributed by atoms with E-state index in [2.05, 4.69) is 10.6 Å². The maximum atomic E-state index is 13.1. The second-order valence-corrected chi connectivity index (χ2v) is 5.29. The molecule has 3 nitrogen and oxygen atoms in total. The Morgan fingerprint density at radius 2 is 1.76 bits per heavy atom. The molecule has 2 rings (SSSR count). The lowest BCUT2D eigenvalue weighted by Crippen LogP contribution is -2.13. The minimum atomic E-state index is -0.558. The SMILES string of the molecule is CNc1ccc(C(=O)Nc2c(Cl)cc(F)cc2Cl)cc1C. The molecule has 0 spiro atoms. The molecule has 0 aromatic heterocycles. The Morgan fingerprint density at radius 1 is 1.14 bits per heavy atom. The van der Waals surface area contributed by atoms with Crippen LogP contribution in [-0.4, -0.2) is 13.0 Å². The van der Waals surface area contributed by atoms with Gasteiger partial charge in [0.2, 0.25) is 0 Å². The highest BCUT2D eigenvalue weighted by Gasteiger charge is 2.13. The first-order valence-electron chi connectivity index (χ1n) is 6.16. The largest absolute Gasteiger partial charge is 0.388 e. The van der Waals surface area contributed by atoms with Crippen LogP contribution in [0.2, 0.25) is 10.0 Å². The van der Waals surface area contributed by atoms with Gasteiger partial charge in [0.25, 0.3) is 5.91 Å². The second-order valence-electron chi connectivity index (χ2n) is 4.48. The number of rotatable bonds is 3. The van der Waals surface area contributed by atoms with Gasteiger partial charge in [-0.2, -0.15) is 0 Å². The first-order chi connectivity index (χ1) is 9.92. The third-order valence-corrected chi connectivity index (χ3v) is 3.60. The van der Waals surface area contributed by atoms with Crippen LogP contribution in [0, 0.1) is 12.7 Å². The second kappa shape index (κ2) is 6.33. The van der Waals surface area contributed by atoms with E-state index < -0.39 is 5.82 Å². The van der Waals surface area contributed by atoms with E-state index >= 15 is 0 Å². The summed E-state index contributed by atoms with van der Waals surface area (Å²) in [5.74, 6) is -0.923. The average Bonchev–Trinajstić information content (AvgIpc) is 2.42. The summed E-state index contributed by atoms with van der Waals surface area (Å²) in [6.07, 6.45) is 0. The van der Waals surface area contributed by atoms with E-state index in [1.807, 2.05) is 6.92 Å². The fourth-order valence-corrected chi connectivity index (χ4v) is 2.49. The van der Waals surface area contributed by atoms with Gasteiger partial charge in [-0.1, -0.05) is 23.2 Å². The molecular formula is C15H13Cl2FN2O. The summed E-state index contributed by atoms with van der Waals surface area (Å²) >= 11 is 11.8. The number of hydrogen-bond donors (Lipinski definition) is 2. The van der Waals surface area contributed by atoms with Crippen molar-refractivity contribution < 1.29 is 9.18 Å². The number of nitrogens with one attached hydrogen (secondary N) is 2. The Morgan fingerprint density at radius 3 is 2.29 bits per heavy atom. The van der Waals surface area contributed by atoms with Gasteiger partial charge in [0, 0.05) is 18.3 Å². The first-order valence-corrected chi connectivity index (χ1v) is 6.92. The normalized spacial score (nSPS) is 10.3. The van der Waals surface area contributed by atoms with E-state index in [9.17, 15) is 9.18 Å². The highest BCUT2D eigenvalue weighted by atomic mass is 35.5. The first kappa shape index (κ1) is 15.6. The number of benzene rings is 2. The molecule has 1 amide bonds. The molecule has 2 aromatic carbocycles. The van der Waals surface area contributed by atoms with Gasteiger partial charge in [-0.15, -0.1) is 0 Å². The smallest absolute Gasteiger partial charge is 0.255 e.